The van der Waals surface area contributed by atoms with E-state index in [4.69, 9.17) is 0 Å². The van der Waals surface area contributed by atoms with E-state index >= 15 is 0 Å². The molecule has 2 aromatic heterocycles. The standard InChI is InChI=1S/C13H15N7O6/c1-18-5-7(15-10(18)12(22)14-4-9(21)26-3)16-13(23)11-17-8(20(24)25)6-19(11)2/h5-6H,4H2,1-3H3,(H,14,22)(H,16,23). The predicted octanol–water partition coefficient (Wildman–Crippen LogP) is -0.783. The molecule has 0 unspecified atom stereocenters. The van der Waals surface area contributed by atoms with Crippen molar-refractivity contribution < 1.29 is 24.0 Å². The molecule has 26 heavy (non-hydrogen) atoms. The van der Waals surface area contributed by atoms with Crippen LogP contribution in [0.4, 0.5) is 11.6 Å². The van der Waals surface area contributed by atoms with Crippen molar-refractivity contribution in [2.45, 2.75) is 0 Å². The van der Waals surface area contributed by atoms with Crippen molar-refractivity contribution in [3.05, 3.63) is 34.2 Å². The lowest BCUT2D eigenvalue weighted by Gasteiger charge is -2.02. The Morgan fingerprint density at radius 2 is 1.77 bits per heavy atom. The summed E-state index contributed by atoms with van der Waals surface area (Å²) in [5.74, 6) is -2.70. The molecule has 0 fully saturated rings. The largest absolute Gasteiger partial charge is 0.468 e. The number of amides is 2. The number of nitro groups is 1. The van der Waals surface area contributed by atoms with Gasteiger partial charge in [-0.3, -0.25) is 14.4 Å². The minimum Gasteiger partial charge on any atom is -0.468 e. The van der Waals surface area contributed by atoms with Crippen molar-refractivity contribution >= 4 is 29.4 Å². The molecule has 0 atom stereocenters. The van der Waals surface area contributed by atoms with Crippen LogP contribution in [0.1, 0.15) is 21.2 Å². The lowest BCUT2D eigenvalue weighted by atomic mass is 10.5. The number of carbonyl (C=O) groups excluding carboxylic acids is 3. The molecule has 0 saturated carbocycles. The minimum absolute atomic E-state index is 0.0337. The van der Waals surface area contributed by atoms with Gasteiger partial charge >= 0.3 is 23.5 Å². The molecule has 0 saturated heterocycles. The molecule has 2 N–H and O–H groups in total. The second-order valence-corrected chi connectivity index (χ2v) is 5.06. The number of nitrogens with zero attached hydrogens (tertiary/aromatic N) is 5. The Labute approximate surface area is 146 Å². The Bertz CT molecular complexity index is 884. The molecule has 2 aromatic rings. The number of nitrogens with one attached hydrogen (secondary N) is 2. The highest BCUT2D eigenvalue weighted by Gasteiger charge is 2.24. The van der Waals surface area contributed by atoms with E-state index in [1.807, 2.05) is 0 Å². The molecule has 0 aliphatic rings. The molecule has 0 aliphatic heterocycles. The maximum Gasteiger partial charge on any atom is 0.382 e. The SMILES string of the molecule is COC(=O)CNC(=O)c1nc(NC(=O)c2nc([N+](=O)[O-])cn2C)cn1C. The van der Waals surface area contributed by atoms with Gasteiger partial charge in [0.2, 0.25) is 5.82 Å². The van der Waals surface area contributed by atoms with Gasteiger partial charge in [0.25, 0.3) is 5.91 Å². The molecule has 0 radical (unpaired) electrons. The first-order valence-corrected chi connectivity index (χ1v) is 7.10. The molecule has 2 amide bonds. The van der Waals surface area contributed by atoms with Crippen LogP contribution in [0.15, 0.2) is 12.4 Å². The van der Waals surface area contributed by atoms with E-state index in [9.17, 15) is 24.5 Å². The first-order chi connectivity index (χ1) is 12.2. The normalized spacial score (nSPS) is 10.3. The predicted molar refractivity (Wildman–Crippen MR) is 85.4 cm³/mol. The third-order valence-corrected chi connectivity index (χ3v) is 3.20. The van der Waals surface area contributed by atoms with Crippen LogP contribution in [-0.2, 0) is 23.6 Å². The molecule has 2 heterocycles. The molecule has 13 nitrogen and oxygen atoms in total. The van der Waals surface area contributed by atoms with Crippen LogP contribution in [0.25, 0.3) is 0 Å². The Balaban J connectivity index is 2.11. The third-order valence-electron chi connectivity index (χ3n) is 3.20. The number of methoxy groups -OCH3 is 1. The zero-order valence-electron chi connectivity index (χ0n) is 14.0. The first kappa shape index (κ1) is 18.6. The Morgan fingerprint density at radius 3 is 2.35 bits per heavy atom. The van der Waals surface area contributed by atoms with E-state index in [1.54, 1.807) is 0 Å². The molecule has 13 heteroatoms. The zero-order valence-corrected chi connectivity index (χ0v) is 14.0. The lowest BCUT2D eigenvalue weighted by Crippen LogP contribution is -2.31. The highest BCUT2D eigenvalue weighted by molar-refractivity contribution is 6.02. The van der Waals surface area contributed by atoms with Crippen LogP contribution < -0.4 is 10.6 Å². The number of aryl methyl sites for hydroxylation is 2. The van der Waals surface area contributed by atoms with Gasteiger partial charge in [0, 0.05) is 20.3 Å². The monoisotopic (exact) mass is 365 g/mol. The smallest absolute Gasteiger partial charge is 0.382 e. The maximum atomic E-state index is 12.2. The summed E-state index contributed by atoms with van der Waals surface area (Å²) in [6, 6.07) is 0. The molecule has 2 rings (SSSR count). The van der Waals surface area contributed by atoms with Crippen molar-refractivity contribution in [3.8, 4) is 0 Å². The fraction of sp³-hybridized carbons (Fsp3) is 0.308. The van der Waals surface area contributed by atoms with Crippen LogP contribution in [-0.4, -0.2) is 55.5 Å². The topological polar surface area (TPSA) is 163 Å². The van der Waals surface area contributed by atoms with Crippen molar-refractivity contribution in [2.75, 3.05) is 19.0 Å². The summed E-state index contributed by atoms with van der Waals surface area (Å²) < 4.78 is 6.94. The highest BCUT2D eigenvalue weighted by atomic mass is 16.6. The number of hydrogen-bond acceptors (Lipinski definition) is 8. The quantitative estimate of drug-likeness (QED) is 0.382. The molecule has 0 bridgehead atoms. The van der Waals surface area contributed by atoms with Gasteiger partial charge in [0.05, 0.1) is 7.11 Å². The Kier molecular flexibility index (Phi) is 5.30. The van der Waals surface area contributed by atoms with Gasteiger partial charge < -0.3 is 34.6 Å². The van der Waals surface area contributed by atoms with Crippen LogP contribution >= 0.6 is 0 Å². The maximum absolute atomic E-state index is 12.2. The number of rotatable bonds is 6. The van der Waals surface area contributed by atoms with Gasteiger partial charge in [-0.2, -0.15) is 0 Å². The molecule has 0 spiro atoms. The number of carbonyl (C=O) groups is 3. The number of anilines is 1. The van der Waals surface area contributed by atoms with E-state index in [-0.39, 0.29) is 24.0 Å². The summed E-state index contributed by atoms with van der Waals surface area (Å²) in [6.07, 6.45) is 2.46. The average molecular weight is 365 g/mol. The van der Waals surface area contributed by atoms with Crippen molar-refractivity contribution in [2.24, 2.45) is 14.1 Å². The fourth-order valence-electron chi connectivity index (χ4n) is 1.96. The van der Waals surface area contributed by atoms with Crippen LogP contribution in [0.3, 0.4) is 0 Å². The summed E-state index contributed by atoms with van der Waals surface area (Å²) in [7, 11) is 4.13. The van der Waals surface area contributed by atoms with Crippen LogP contribution in [0, 0.1) is 10.1 Å². The Morgan fingerprint density at radius 1 is 1.15 bits per heavy atom. The van der Waals surface area contributed by atoms with Gasteiger partial charge in [0.15, 0.2) is 5.82 Å². The van der Waals surface area contributed by atoms with Gasteiger partial charge in [-0.1, -0.05) is 0 Å². The molecular weight excluding hydrogens is 350 g/mol. The fourth-order valence-corrected chi connectivity index (χ4v) is 1.96. The molecule has 0 aliphatic carbocycles. The summed E-state index contributed by atoms with van der Waals surface area (Å²) in [4.78, 5) is 52.8. The van der Waals surface area contributed by atoms with Crippen molar-refractivity contribution in [1.82, 2.24) is 24.4 Å². The number of aromatic nitrogens is 4. The summed E-state index contributed by atoms with van der Waals surface area (Å²) in [5.41, 5.74) is 0. The summed E-state index contributed by atoms with van der Waals surface area (Å²) in [6.45, 7) is -0.333. The van der Waals surface area contributed by atoms with E-state index < -0.39 is 28.5 Å². The number of imidazole rings is 2. The zero-order chi connectivity index (χ0) is 19.4. The van der Waals surface area contributed by atoms with E-state index in [1.165, 1.54) is 36.5 Å². The minimum atomic E-state index is -0.736. The van der Waals surface area contributed by atoms with Gasteiger partial charge in [-0.25, -0.2) is 4.98 Å². The van der Waals surface area contributed by atoms with Gasteiger partial charge in [-0.05, 0) is 9.91 Å². The number of ether oxygens (including phenoxy) is 1. The van der Waals surface area contributed by atoms with E-state index in [0.29, 0.717) is 0 Å². The summed E-state index contributed by atoms with van der Waals surface area (Å²) in [5, 5.41) is 15.4. The first-order valence-electron chi connectivity index (χ1n) is 7.10. The third kappa shape index (κ3) is 4.00. The van der Waals surface area contributed by atoms with Crippen LogP contribution in [0.2, 0.25) is 0 Å². The second-order valence-electron chi connectivity index (χ2n) is 5.06. The number of hydrogen-bond donors (Lipinski definition) is 2. The van der Waals surface area contributed by atoms with Crippen LogP contribution in [0.5, 0.6) is 0 Å². The molecular formula is C13H15N7O6. The molecule has 0 aromatic carbocycles. The van der Waals surface area contributed by atoms with E-state index in [2.05, 4.69) is 25.3 Å². The number of esters is 1. The summed E-state index contributed by atoms with van der Waals surface area (Å²) >= 11 is 0. The lowest BCUT2D eigenvalue weighted by molar-refractivity contribution is -0.389. The van der Waals surface area contributed by atoms with Gasteiger partial charge in [0.1, 0.15) is 12.7 Å². The van der Waals surface area contributed by atoms with Gasteiger partial charge in [-0.15, -0.1) is 0 Å². The van der Waals surface area contributed by atoms with E-state index in [0.717, 1.165) is 6.20 Å². The second kappa shape index (κ2) is 7.42. The Hall–Kier alpha value is -3.77. The van der Waals surface area contributed by atoms with Crippen molar-refractivity contribution in [1.29, 1.82) is 0 Å². The molecule has 138 valence electrons. The highest BCUT2D eigenvalue weighted by Crippen LogP contribution is 2.12. The average Bonchev–Trinajstić information content (AvgIpc) is 3.15. The van der Waals surface area contributed by atoms with Crippen molar-refractivity contribution in [3.63, 3.8) is 0 Å².